The summed E-state index contributed by atoms with van der Waals surface area (Å²) in [5.74, 6) is -0.432. The van der Waals surface area contributed by atoms with Crippen molar-refractivity contribution < 1.29 is 14.0 Å². The first-order valence-corrected chi connectivity index (χ1v) is 5.35. The number of carbonyl (C=O) groups excluding carboxylic acids is 2. The molecule has 2 aromatic rings. The van der Waals surface area contributed by atoms with Crippen LogP contribution in [0.2, 0.25) is 0 Å². The number of amides is 1. The molecule has 0 saturated heterocycles. The summed E-state index contributed by atoms with van der Waals surface area (Å²) >= 11 is 1.21. The zero-order chi connectivity index (χ0) is 11.5. The lowest BCUT2D eigenvalue weighted by atomic mass is 10.3. The molecule has 82 valence electrons. The minimum atomic E-state index is -0.307. The van der Waals surface area contributed by atoms with Crippen LogP contribution in [0.5, 0.6) is 0 Å². The molecule has 2 aromatic heterocycles. The summed E-state index contributed by atoms with van der Waals surface area (Å²) in [7, 11) is 0. The lowest BCUT2D eigenvalue weighted by Gasteiger charge is -1.96. The Morgan fingerprint density at radius 2 is 2.31 bits per heavy atom. The van der Waals surface area contributed by atoms with Crippen molar-refractivity contribution in [3.63, 3.8) is 0 Å². The van der Waals surface area contributed by atoms with E-state index in [1.807, 2.05) is 0 Å². The maximum absolute atomic E-state index is 11.6. The highest BCUT2D eigenvalue weighted by Gasteiger charge is 2.11. The van der Waals surface area contributed by atoms with Gasteiger partial charge in [0.05, 0.1) is 11.8 Å². The van der Waals surface area contributed by atoms with Gasteiger partial charge < -0.3 is 4.42 Å². The van der Waals surface area contributed by atoms with E-state index in [1.165, 1.54) is 30.8 Å². The number of anilines is 1. The Morgan fingerprint density at radius 3 is 2.88 bits per heavy atom. The van der Waals surface area contributed by atoms with Crippen molar-refractivity contribution in [2.45, 2.75) is 6.92 Å². The van der Waals surface area contributed by atoms with Crippen molar-refractivity contribution in [1.29, 1.82) is 0 Å². The molecule has 2 heterocycles. The van der Waals surface area contributed by atoms with Gasteiger partial charge in [0, 0.05) is 12.3 Å². The van der Waals surface area contributed by atoms with Crippen molar-refractivity contribution in [3.05, 3.63) is 35.2 Å². The molecule has 0 aliphatic heterocycles. The Kier molecular flexibility index (Phi) is 2.82. The smallest absolute Gasteiger partial charge is 0.260 e. The van der Waals surface area contributed by atoms with Gasteiger partial charge in [-0.15, -0.1) is 11.3 Å². The molecule has 1 N–H and O–H groups in total. The molecule has 0 aromatic carbocycles. The first kappa shape index (κ1) is 10.6. The highest BCUT2D eigenvalue weighted by molar-refractivity contribution is 7.14. The number of aromatic nitrogens is 1. The third-order valence-corrected chi connectivity index (χ3v) is 2.63. The molecular formula is C10H8N2O3S. The van der Waals surface area contributed by atoms with Gasteiger partial charge in [0.1, 0.15) is 12.0 Å². The number of nitrogens with one attached hydrogen (secondary N) is 1. The summed E-state index contributed by atoms with van der Waals surface area (Å²) in [6, 6.07) is 1.55. The van der Waals surface area contributed by atoms with E-state index in [0.717, 1.165) is 0 Å². The van der Waals surface area contributed by atoms with E-state index in [1.54, 1.807) is 11.4 Å². The predicted octanol–water partition coefficient (Wildman–Crippen LogP) is 2.19. The summed E-state index contributed by atoms with van der Waals surface area (Å²) in [5.41, 5.74) is 0.770. The summed E-state index contributed by atoms with van der Waals surface area (Å²) in [4.78, 5) is 26.5. The van der Waals surface area contributed by atoms with Gasteiger partial charge in [0.15, 0.2) is 10.9 Å². The van der Waals surface area contributed by atoms with Crippen molar-refractivity contribution in [1.82, 2.24) is 4.98 Å². The molecule has 0 aliphatic rings. The second kappa shape index (κ2) is 4.28. The van der Waals surface area contributed by atoms with Gasteiger partial charge in [-0.2, -0.15) is 0 Å². The third kappa shape index (κ3) is 2.17. The summed E-state index contributed by atoms with van der Waals surface area (Å²) in [6.45, 7) is 1.43. The molecule has 1 amide bonds. The van der Waals surface area contributed by atoms with Crippen LogP contribution in [0, 0.1) is 0 Å². The number of hydrogen-bond donors (Lipinski definition) is 1. The Balaban J connectivity index is 2.09. The van der Waals surface area contributed by atoms with Crippen molar-refractivity contribution in [2.75, 3.05) is 5.32 Å². The normalized spacial score (nSPS) is 10.1. The SMILES string of the molecule is CC(=O)c1csc(NC(=O)c2ccoc2)n1. The Morgan fingerprint density at radius 1 is 1.50 bits per heavy atom. The Bertz CT molecular complexity index is 516. The Hall–Kier alpha value is -1.95. The van der Waals surface area contributed by atoms with E-state index >= 15 is 0 Å². The Labute approximate surface area is 95.1 Å². The van der Waals surface area contributed by atoms with Crippen LogP contribution in [0.1, 0.15) is 27.8 Å². The van der Waals surface area contributed by atoms with E-state index < -0.39 is 0 Å². The first-order valence-electron chi connectivity index (χ1n) is 4.47. The van der Waals surface area contributed by atoms with Gasteiger partial charge in [0.25, 0.3) is 5.91 Å². The van der Waals surface area contributed by atoms with Crippen LogP contribution in [-0.4, -0.2) is 16.7 Å². The second-order valence-corrected chi connectivity index (χ2v) is 3.92. The van der Waals surface area contributed by atoms with Crippen molar-refractivity contribution in [2.24, 2.45) is 0 Å². The maximum atomic E-state index is 11.6. The van der Waals surface area contributed by atoms with Gasteiger partial charge >= 0.3 is 0 Å². The van der Waals surface area contributed by atoms with Gasteiger partial charge in [-0.3, -0.25) is 14.9 Å². The molecule has 6 heteroatoms. The molecule has 0 atom stereocenters. The molecule has 0 spiro atoms. The highest BCUT2D eigenvalue weighted by Crippen LogP contribution is 2.16. The van der Waals surface area contributed by atoms with Crippen LogP contribution in [0.25, 0.3) is 0 Å². The average Bonchev–Trinajstić information content (AvgIpc) is 2.87. The minimum Gasteiger partial charge on any atom is -0.472 e. The predicted molar refractivity (Wildman–Crippen MR) is 58.8 cm³/mol. The molecule has 5 nitrogen and oxygen atoms in total. The summed E-state index contributed by atoms with van der Waals surface area (Å²) < 4.78 is 4.78. The van der Waals surface area contributed by atoms with E-state index in [-0.39, 0.29) is 11.7 Å². The quantitative estimate of drug-likeness (QED) is 0.829. The van der Waals surface area contributed by atoms with E-state index in [2.05, 4.69) is 10.3 Å². The molecule has 0 unspecified atom stereocenters. The van der Waals surface area contributed by atoms with E-state index in [9.17, 15) is 9.59 Å². The molecule has 0 bridgehead atoms. The van der Waals surface area contributed by atoms with Crippen LogP contribution >= 0.6 is 11.3 Å². The van der Waals surface area contributed by atoms with Gasteiger partial charge in [-0.05, 0) is 6.07 Å². The van der Waals surface area contributed by atoms with Crippen LogP contribution in [-0.2, 0) is 0 Å². The number of nitrogens with zero attached hydrogens (tertiary/aromatic N) is 1. The van der Waals surface area contributed by atoms with Gasteiger partial charge in [-0.25, -0.2) is 4.98 Å². The van der Waals surface area contributed by atoms with Crippen LogP contribution < -0.4 is 5.32 Å². The number of hydrogen-bond acceptors (Lipinski definition) is 5. The van der Waals surface area contributed by atoms with Crippen LogP contribution in [0.15, 0.2) is 28.4 Å². The number of thiazole rings is 1. The van der Waals surface area contributed by atoms with Crippen LogP contribution in [0.3, 0.4) is 0 Å². The average molecular weight is 236 g/mol. The molecular weight excluding hydrogens is 228 g/mol. The van der Waals surface area contributed by atoms with Crippen molar-refractivity contribution in [3.8, 4) is 0 Å². The highest BCUT2D eigenvalue weighted by atomic mass is 32.1. The molecule has 2 rings (SSSR count). The molecule has 0 aliphatic carbocycles. The molecule has 0 radical (unpaired) electrons. The fourth-order valence-corrected chi connectivity index (χ4v) is 1.80. The molecule has 16 heavy (non-hydrogen) atoms. The van der Waals surface area contributed by atoms with E-state index in [4.69, 9.17) is 4.42 Å². The number of furan rings is 1. The first-order chi connectivity index (χ1) is 7.66. The monoisotopic (exact) mass is 236 g/mol. The summed E-state index contributed by atoms with van der Waals surface area (Å²) in [5, 5.41) is 4.58. The number of rotatable bonds is 3. The molecule has 0 saturated carbocycles. The largest absolute Gasteiger partial charge is 0.472 e. The zero-order valence-electron chi connectivity index (χ0n) is 8.39. The lowest BCUT2D eigenvalue weighted by Crippen LogP contribution is -2.10. The van der Waals surface area contributed by atoms with Crippen LogP contribution in [0.4, 0.5) is 5.13 Å². The fourth-order valence-electron chi connectivity index (χ4n) is 1.06. The fraction of sp³-hybridized carbons (Fsp3) is 0.100. The topological polar surface area (TPSA) is 72.2 Å². The molecule has 0 fully saturated rings. The maximum Gasteiger partial charge on any atom is 0.260 e. The zero-order valence-corrected chi connectivity index (χ0v) is 9.21. The number of ketones is 1. The van der Waals surface area contributed by atoms with Crippen molar-refractivity contribution >= 4 is 28.2 Å². The number of Topliss-reactive ketones (excluding diaryl/α,β-unsaturated/α-hetero) is 1. The van der Waals surface area contributed by atoms with E-state index in [0.29, 0.717) is 16.4 Å². The third-order valence-electron chi connectivity index (χ3n) is 1.87. The summed E-state index contributed by atoms with van der Waals surface area (Å²) in [6.07, 6.45) is 2.76. The minimum absolute atomic E-state index is 0.125. The van der Waals surface area contributed by atoms with Gasteiger partial charge in [0.2, 0.25) is 0 Å². The standard InChI is InChI=1S/C10H8N2O3S/c1-6(13)8-5-16-10(11-8)12-9(14)7-2-3-15-4-7/h2-5H,1H3,(H,11,12,14). The number of carbonyl (C=O) groups is 2. The lowest BCUT2D eigenvalue weighted by molar-refractivity contribution is 0.100. The second-order valence-electron chi connectivity index (χ2n) is 3.06. The van der Waals surface area contributed by atoms with Gasteiger partial charge in [-0.1, -0.05) is 0 Å².